The normalized spacial score (nSPS) is 13.9. The molecule has 3 heteroatoms. The van der Waals surface area contributed by atoms with Gasteiger partial charge in [0.25, 0.3) is 0 Å². The number of nitrogens with zero attached hydrogens (tertiary/aromatic N) is 2. The Kier molecular flexibility index (Phi) is 7.77. The van der Waals surface area contributed by atoms with Crippen molar-refractivity contribution in [2.24, 2.45) is 0 Å². The van der Waals surface area contributed by atoms with Gasteiger partial charge in [0, 0.05) is 38.8 Å². The SMILES string of the molecule is CCCCC1=C(c2cc(C)cc(C)c2)[N+](=[N-])C(c2cc(C)cc(C)c2)=C1CC.[Ni]. The molecule has 0 radical (unpaired) electrons. The number of benzene rings is 2. The molecular weight excluding hydrogens is 399 g/mol. The summed E-state index contributed by atoms with van der Waals surface area (Å²) < 4.78 is 1.46. The molecule has 0 atom stereocenters. The minimum absolute atomic E-state index is 0. The van der Waals surface area contributed by atoms with E-state index < -0.39 is 0 Å². The molecule has 0 spiro atoms. The Labute approximate surface area is 186 Å². The van der Waals surface area contributed by atoms with E-state index in [1.807, 2.05) is 0 Å². The molecule has 0 N–H and O–H groups in total. The first-order valence-electron chi connectivity index (χ1n) is 10.5. The summed E-state index contributed by atoms with van der Waals surface area (Å²) in [4.78, 5) is 0. The molecular formula is C26H32N2Ni. The van der Waals surface area contributed by atoms with Gasteiger partial charge < -0.3 is 5.53 Å². The maximum Gasteiger partial charge on any atom is 0.211 e. The van der Waals surface area contributed by atoms with E-state index in [9.17, 15) is 5.53 Å². The molecule has 0 aliphatic carbocycles. The van der Waals surface area contributed by atoms with E-state index in [1.165, 1.54) is 38.1 Å². The molecule has 2 nitrogen and oxygen atoms in total. The number of allylic oxidation sites excluding steroid dienone is 2. The van der Waals surface area contributed by atoms with E-state index in [0.717, 1.165) is 48.2 Å². The van der Waals surface area contributed by atoms with Crippen molar-refractivity contribution < 1.29 is 21.2 Å². The summed E-state index contributed by atoms with van der Waals surface area (Å²) in [5, 5.41) is 0. The van der Waals surface area contributed by atoms with Crippen molar-refractivity contribution in [1.29, 1.82) is 0 Å². The van der Waals surface area contributed by atoms with Gasteiger partial charge >= 0.3 is 0 Å². The minimum Gasteiger partial charge on any atom is -0.493 e. The van der Waals surface area contributed by atoms with Gasteiger partial charge in [0.05, 0.1) is 0 Å². The van der Waals surface area contributed by atoms with Crippen LogP contribution >= 0.6 is 0 Å². The molecule has 1 heterocycles. The summed E-state index contributed by atoms with van der Waals surface area (Å²) in [6.45, 7) is 12.9. The first-order chi connectivity index (χ1) is 13.3. The molecule has 0 amide bonds. The van der Waals surface area contributed by atoms with Crippen LogP contribution in [-0.4, -0.2) is 4.70 Å². The van der Waals surface area contributed by atoms with Gasteiger partial charge in [-0.2, -0.15) is 0 Å². The Morgan fingerprint density at radius 1 is 0.690 bits per heavy atom. The van der Waals surface area contributed by atoms with Crippen LogP contribution in [0, 0.1) is 27.7 Å². The van der Waals surface area contributed by atoms with Crippen LogP contribution in [-0.2, 0) is 16.5 Å². The van der Waals surface area contributed by atoms with Crippen LogP contribution in [0.1, 0.15) is 72.9 Å². The first kappa shape index (κ1) is 23.3. The Morgan fingerprint density at radius 2 is 1.10 bits per heavy atom. The summed E-state index contributed by atoms with van der Waals surface area (Å²) in [6, 6.07) is 13.1. The van der Waals surface area contributed by atoms with Crippen LogP contribution in [0.3, 0.4) is 0 Å². The second kappa shape index (κ2) is 9.68. The molecule has 2 aromatic carbocycles. The zero-order chi connectivity index (χ0) is 20.4. The average molecular weight is 431 g/mol. The predicted molar refractivity (Wildman–Crippen MR) is 119 cm³/mol. The first-order valence-corrected chi connectivity index (χ1v) is 10.5. The number of rotatable bonds is 6. The van der Waals surface area contributed by atoms with Gasteiger partial charge in [-0.15, -0.1) is 0 Å². The van der Waals surface area contributed by atoms with Gasteiger partial charge in [-0.25, -0.2) is 4.70 Å². The molecule has 0 saturated carbocycles. The van der Waals surface area contributed by atoms with Gasteiger partial charge in [-0.05, 0) is 71.2 Å². The quantitative estimate of drug-likeness (QED) is 0.331. The van der Waals surface area contributed by atoms with Crippen molar-refractivity contribution in [1.82, 2.24) is 0 Å². The zero-order valence-electron chi connectivity index (χ0n) is 18.5. The molecule has 29 heavy (non-hydrogen) atoms. The van der Waals surface area contributed by atoms with Crippen molar-refractivity contribution in [3.63, 3.8) is 0 Å². The maximum absolute atomic E-state index is 11.4. The number of aryl methyl sites for hydroxylation is 4. The van der Waals surface area contributed by atoms with Crippen molar-refractivity contribution in [2.45, 2.75) is 67.2 Å². The van der Waals surface area contributed by atoms with Crippen LogP contribution in [0.5, 0.6) is 0 Å². The fraction of sp³-hybridized carbons (Fsp3) is 0.385. The molecule has 0 bridgehead atoms. The number of unbranched alkanes of at least 4 members (excludes halogenated alkanes) is 1. The molecule has 3 rings (SSSR count). The van der Waals surface area contributed by atoms with Gasteiger partial charge in [-0.1, -0.05) is 54.7 Å². The van der Waals surface area contributed by atoms with Crippen molar-refractivity contribution in [3.8, 4) is 0 Å². The maximum atomic E-state index is 11.4. The van der Waals surface area contributed by atoms with Crippen LogP contribution in [0.2, 0.25) is 0 Å². The topological polar surface area (TPSA) is 25.3 Å². The minimum atomic E-state index is 0. The standard InChI is InChI=1S/C26H32N2.Ni/c1-7-9-10-24-23(8-2)25(21-13-17(3)11-18(4)14-21)28(27)26(24)22-15-19(5)12-20(6)16-22;/h11-16H,7-10H2,1-6H3;. The van der Waals surface area contributed by atoms with Crippen LogP contribution in [0.4, 0.5) is 0 Å². The molecule has 1 aliphatic heterocycles. The number of hydrogen-bond acceptors (Lipinski definition) is 0. The summed E-state index contributed by atoms with van der Waals surface area (Å²) >= 11 is 0. The fourth-order valence-electron chi connectivity index (χ4n) is 4.47. The van der Waals surface area contributed by atoms with Crippen molar-refractivity contribution in [3.05, 3.63) is 86.5 Å². The van der Waals surface area contributed by atoms with E-state index in [1.54, 1.807) is 0 Å². The predicted octanol–water partition coefficient (Wildman–Crippen LogP) is 7.69. The van der Waals surface area contributed by atoms with E-state index in [-0.39, 0.29) is 16.5 Å². The molecule has 0 fully saturated rings. The molecule has 156 valence electrons. The van der Waals surface area contributed by atoms with Gasteiger partial charge in [-0.3, -0.25) is 0 Å². The third-order valence-electron chi connectivity index (χ3n) is 5.48. The second-order valence-electron chi connectivity index (χ2n) is 8.18. The number of hydrogen-bond donors (Lipinski definition) is 0. The van der Waals surface area contributed by atoms with Crippen molar-refractivity contribution in [2.75, 3.05) is 0 Å². The van der Waals surface area contributed by atoms with Gasteiger partial charge in [0.2, 0.25) is 11.4 Å². The third-order valence-corrected chi connectivity index (χ3v) is 5.48. The van der Waals surface area contributed by atoms with Gasteiger partial charge in [0.15, 0.2) is 0 Å². The van der Waals surface area contributed by atoms with E-state index in [4.69, 9.17) is 0 Å². The summed E-state index contributed by atoms with van der Waals surface area (Å²) in [5.74, 6) is 0. The molecule has 2 aromatic rings. The fourth-order valence-corrected chi connectivity index (χ4v) is 4.47. The van der Waals surface area contributed by atoms with Crippen LogP contribution in [0.25, 0.3) is 16.9 Å². The average Bonchev–Trinajstić information content (AvgIpc) is 2.89. The molecule has 0 aromatic heterocycles. The third kappa shape index (κ3) is 4.78. The molecule has 0 unspecified atom stereocenters. The molecule has 1 aliphatic rings. The van der Waals surface area contributed by atoms with Crippen LogP contribution < -0.4 is 0 Å². The Morgan fingerprint density at radius 3 is 1.48 bits per heavy atom. The zero-order valence-corrected chi connectivity index (χ0v) is 19.5. The summed E-state index contributed by atoms with van der Waals surface area (Å²) in [7, 11) is 0. The monoisotopic (exact) mass is 430 g/mol. The Bertz CT molecular complexity index is 955. The smallest absolute Gasteiger partial charge is 0.211 e. The van der Waals surface area contributed by atoms with Gasteiger partial charge in [0.1, 0.15) is 0 Å². The molecule has 0 saturated heterocycles. The van der Waals surface area contributed by atoms with E-state index in [0.29, 0.717) is 0 Å². The van der Waals surface area contributed by atoms with Crippen LogP contribution in [0.15, 0.2) is 47.5 Å². The Balaban J connectivity index is 0.00000300. The van der Waals surface area contributed by atoms with E-state index in [2.05, 4.69) is 77.9 Å². The van der Waals surface area contributed by atoms with E-state index >= 15 is 0 Å². The largest absolute Gasteiger partial charge is 0.493 e. The van der Waals surface area contributed by atoms with Crippen molar-refractivity contribution >= 4 is 11.4 Å². The second-order valence-corrected chi connectivity index (χ2v) is 8.18. The summed E-state index contributed by atoms with van der Waals surface area (Å²) in [5.41, 5.74) is 23.0. The summed E-state index contributed by atoms with van der Waals surface area (Å²) in [6.07, 6.45) is 4.17. The Hall–Kier alpha value is -1.99.